The number of aromatic nitrogens is 3. The van der Waals surface area contributed by atoms with Gasteiger partial charge in [0.25, 0.3) is 5.91 Å². The summed E-state index contributed by atoms with van der Waals surface area (Å²) in [7, 11) is 1.90. The van der Waals surface area contributed by atoms with E-state index in [0.717, 1.165) is 24.3 Å². The summed E-state index contributed by atoms with van der Waals surface area (Å²) in [4.78, 5) is 16.1. The summed E-state index contributed by atoms with van der Waals surface area (Å²) < 4.78 is 1.78. The van der Waals surface area contributed by atoms with Crippen molar-refractivity contribution in [1.29, 1.82) is 0 Å². The van der Waals surface area contributed by atoms with E-state index in [9.17, 15) is 4.79 Å². The molecule has 8 heteroatoms. The highest BCUT2D eigenvalue weighted by molar-refractivity contribution is 7.09. The number of aryl methyl sites for hydroxylation is 2. The summed E-state index contributed by atoms with van der Waals surface area (Å²) in [5.74, 6) is -0.115. The molecule has 0 atom stereocenters. The third-order valence-corrected chi connectivity index (χ3v) is 3.74. The molecule has 0 aliphatic carbocycles. The van der Waals surface area contributed by atoms with E-state index >= 15 is 0 Å². The number of halogens is 1. The van der Waals surface area contributed by atoms with E-state index in [1.54, 1.807) is 10.1 Å². The van der Waals surface area contributed by atoms with Crippen molar-refractivity contribution in [2.75, 3.05) is 13.1 Å². The van der Waals surface area contributed by atoms with Gasteiger partial charge in [0.05, 0.1) is 11.2 Å². The van der Waals surface area contributed by atoms with Crippen molar-refractivity contribution in [3.05, 3.63) is 34.0 Å². The molecule has 0 aromatic carbocycles. The van der Waals surface area contributed by atoms with Gasteiger partial charge in [0.2, 0.25) is 0 Å². The Kier molecular flexibility index (Phi) is 7.35. The average Bonchev–Trinajstić information content (AvgIpc) is 3.04. The number of nitrogens with two attached hydrogens (primary N) is 1. The Morgan fingerprint density at radius 3 is 2.95 bits per heavy atom. The van der Waals surface area contributed by atoms with Gasteiger partial charge < -0.3 is 11.1 Å². The van der Waals surface area contributed by atoms with Gasteiger partial charge in [-0.25, -0.2) is 4.98 Å². The number of amides is 1. The molecule has 21 heavy (non-hydrogen) atoms. The molecular weight excluding hydrogens is 310 g/mol. The zero-order valence-electron chi connectivity index (χ0n) is 11.9. The molecule has 2 heterocycles. The second-order valence-corrected chi connectivity index (χ2v) is 5.49. The van der Waals surface area contributed by atoms with E-state index in [0.29, 0.717) is 18.8 Å². The fraction of sp³-hybridized carbons (Fsp3) is 0.462. The molecule has 6 nitrogen and oxygen atoms in total. The highest BCUT2D eigenvalue weighted by Crippen LogP contribution is 2.09. The van der Waals surface area contributed by atoms with Crippen LogP contribution in [0.2, 0.25) is 0 Å². The molecule has 0 saturated carbocycles. The Morgan fingerprint density at radius 1 is 1.48 bits per heavy atom. The number of hydrogen-bond acceptors (Lipinski definition) is 5. The normalized spacial score (nSPS) is 10.2. The topological polar surface area (TPSA) is 85.8 Å². The van der Waals surface area contributed by atoms with Crippen molar-refractivity contribution >= 4 is 29.7 Å². The number of nitrogens with zero attached hydrogens (tertiary/aromatic N) is 3. The maximum Gasteiger partial charge on any atom is 0.270 e. The smallest absolute Gasteiger partial charge is 0.270 e. The predicted molar refractivity (Wildman–Crippen MR) is 86.0 cm³/mol. The van der Waals surface area contributed by atoms with Crippen LogP contribution in [-0.4, -0.2) is 33.8 Å². The number of nitrogens with one attached hydrogen (secondary N) is 1. The van der Waals surface area contributed by atoms with E-state index in [2.05, 4.69) is 15.4 Å². The van der Waals surface area contributed by atoms with Gasteiger partial charge in [0, 0.05) is 31.6 Å². The predicted octanol–water partition coefficient (Wildman–Crippen LogP) is 1.16. The molecule has 0 bridgehead atoms. The lowest BCUT2D eigenvalue weighted by Crippen LogP contribution is -2.25. The van der Waals surface area contributed by atoms with Gasteiger partial charge in [-0.2, -0.15) is 5.10 Å². The Labute approximate surface area is 134 Å². The molecule has 0 aliphatic heterocycles. The summed E-state index contributed by atoms with van der Waals surface area (Å²) in [6.45, 7) is 1.19. The monoisotopic (exact) mass is 329 g/mol. The van der Waals surface area contributed by atoms with Crippen LogP contribution in [0.25, 0.3) is 0 Å². The highest BCUT2D eigenvalue weighted by atomic mass is 35.5. The molecule has 0 spiro atoms. The maximum absolute atomic E-state index is 11.9. The van der Waals surface area contributed by atoms with E-state index < -0.39 is 0 Å². The number of carbonyl (C=O) groups excluding carboxylic acids is 1. The average molecular weight is 330 g/mol. The van der Waals surface area contributed by atoms with Gasteiger partial charge in [0.15, 0.2) is 0 Å². The third kappa shape index (κ3) is 5.45. The lowest BCUT2D eigenvalue weighted by molar-refractivity contribution is 0.0949. The molecule has 1 amide bonds. The number of thiazole rings is 1. The highest BCUT2D eigenvalue weighted by Gasteiger charge is 2.09. The molecule has 2 aromatic rings. The molecular formula is C13H20ClN5OS. The first-order valence-electron chi connectivity index (χ1n) is 6.59. The fourth-order valence-electron chi connectivity index (χ4n) is 1.84. The van der Waals surface area contributed by atoms with Gasteiger partial charge in [-0.3, -0.25) is 9.48 Å². The van der Waals surface area contributed by atoms with Crippen LogP contribution in [0.15, 0.2) is 17.8 Å². The molecule has 0 fully saturated rings. The van der Waals surface area contributed by atoms with E-state index in [-0.39, 0.29) is 18.3 Å². The molecule has 0 unspecified atom stereocenters. The second kappa shape index (κ2) is 8.76. The van der Waals surface area contributed by atoms with Crippen LogP contribution in [0, 0.1) is 0 Å². The van der Waals surface area contributed by atoms with E-state index in [4.69, 9.17) is 5.73 Å². The number of hydrogen-bond donors (Lipinski definition) is 2. The Morgan fingerprint density at radius 2 is 2.29 bits per heavy atom. The molecule has 2 aromatic heterocycles. The van der Waals surface area contributed by atoms with Gasteiger partial charge in [-0.05, 0) is 24.9 Å². The van der Waals surface area contributed by atoms with E-state index in [1.165, 1.54) is 16.9 Å². The third-order valence-electron chi connectivity index (χ3n) is 2.83. The lowest BCUT2D eigenvalue weighted by atomic mass is 10.2. The lowest BCUT2D eigenvalue weighted by Gasteiger charge is -2.02. The van der Waals surface area contributed by atoms with Gasteiger partial charge in [0.1, 0.15) is 5.69 Å². The Bertz CT molecular complexity index is 568. The number of carbonyl (C=O) groups is 1. The minimum absolute atomic E-state index is 0. The van der Waals surface area contributed by atoms with Crippen LogP contribution in [0.5, 0.6) is 0 Å². The van der Waals surface area contributed by atoms with Crippen LogP contribution in [-0.2, 0) is 19.9 Å². The summed E-state index contributed by atoms with van der Waals surface area (Å²) in [6, 6.07) is 0. The zero-order valence-corrected chi connectivity index (χ0v) is 13.5. The maximum atomic E-state index is 11.9. The van der Waals surface area contributed by atoms with Crippen LogP contribution in [0.4, 0.5) is 0 Å². The van der Waals surface area contributed by atoms with Crippen molar-refractivity contribution in [2.24, 2.45) is 12.8 Å². The summed E-state index contributed by atoms with van der Waals surface area (Å²) >= 11 is 1.48. The first-order valence-corrected chi connectivity index (χ1v) is 7.47. The fourth-order valence-corrected chi connectivity index (χ4v) is 2.63. The van der Waals surface area contributed by atoms with Crippen LogP contribution < -0.4 is 11.1 Å². The van der Waals surface area contributed by atoms with Crippen LogP contribution in [0.1, 0.15) is 27.5 Å². The van der Waals surface area contributed by atoms with Gasteiger partial charge >= 0.3 is 0 Å². The van der Waals surface area contributed by atoms with Crippen LogP contribution >= 0.6 is 23.7 Å². The largest absolute Gasteiger partial charge is 0.351 e. The summed E-state index contributed by atoms with van der Waals surface area (Å²) in [5, 5.41) is 9.68. The van der Waals surface area contributed by atoms with Crippen molar-refractivity contribution in [1.82, 2.24) is 20.1 Å². The van der Waals surface area contributed by atoms with E-state index in [1.807, 2.05) is 19.4 Å². The van der Waals surface area contributed by atoms with Crippen LogP contribution in [0.3, 0.4) is 0 Å². The van der Waals surface area contributed by atoms with Crippen molar-refractivity contribution < 1.29 is 4.79 Å². The molecule has 0 saturated heterocycles. The molecule has 2 rings (SSSR count). The summed E-state index contributed by atoms with van der Waals surface area (Å²) in [6.07, 6.45) is 6.35. The Hall–Kier alpha value is -1.44. The van der Waals surface area contributed by atoms with Crippen molar-refractivity contribution in [3.63, 3.8) is 0 Å². The number of rotatable bonds is 7. The molecule has 116 valence electrons. The standard InChI is InChI=1S/C13H19N5OS.ClH/c1-18-8-10(7-16-18)3-2-6-15-13(19)11-9-20-12(17-11)4-5-14;/h7-9H,2-6,14H2,1H3,(H,15,19);1H. The molecule has 0 radical (unpaired) electrons. The second-order valence-electron chi connectivity index (χ2n) is 4.55. The minimum Gasteiger partial charge on any atom is -0.351 e. The molecule has 3 N–H and O–H groups in total. The van der Waals surface area contributed by atoms with Crippen molar-refractivity contribution in [2.45, 2.75) is 19.3 Å². The molecule has 0 aliphatic rings. The van der Waals surface area contributed by atoms with Crippen molar-refractivity contribution in [3.8, 4) is 0 Å². The summed E-state index contributed by atoms with van der Waals surface area (Å²) in [5.41, 5.74) is 7.13. The first-order chi connectivity index (χ1) is 9.69. The van der Waals surface area contributed by atoms with Gasteiger partial charge in [-0.1, -0.05) is 0 Å². The Balaban J connectivity index is 0.00000220. The zero-order chi connectivity index (χ0) is 14.4. The SMILES string of the molecule is Cl.Cn1cc(CCCNC(=O)c2csc(CCN)n2)cn1. The van der Waals surface area contributed by atoms with Gasteiger partial charge in [-0.15, -0.1) is 23.7 Å². The first kappa shape index (κ1) is 17.6. The quantitative estimate of drug-likeness (QED) is 0.746. The minimum atomic E-state index is -0.115.